The second-order valence-electron chi connectivity index (χ2n) is 3.89. The predicted octanol–water partition coefficient (Wildman–Crippen LogP) is 1.52. The highest BCUT2D eigenvalue weighted by Crippen LogP contribution is 2.19. The van der Waals surface area contributed by atoms with Crippen molar-refractivity contribution in [1.82, 2.24) is 19.8 Å². The Morgan fingerprint density at radius 2 is 1.94 bits per heavy atom. The zero-order valence-electron chi connectivity index (χ0n) is 9.62. The number of ether oxygens (including phenoxy) is 1. The Hall–Kier alpha value is -2.63. The number of H-pyrrole nitrogens is 1. The number of aromatic amines is 1. The van der Waals surface area contributed by atoms with E-state index in [2.05, 4.69) is 15.3 Å². The summed E-state index contributed by atoms with van der Waals surface area (Å²) in [6.07, 6.45) is 0. The zero-order chi connectivity index (χ0) is 12.5. The van der Waals surface area contributed by atoms with E-state index in [-0.39, 0.29) is 5.69 Å². The molecular formula is C12H10N4O2. The summed E-state index contributed by atoms with van der Waals surface area (Å²) >= 11 is 0. The van der Waals surface area contributed by atoms with Gasteiger partial charge in [0.15, 0.2) is 5.65 Å². The standard InChI is InChI=1S/C12H10N4O2/c1-8-2-4-9(5-3-8)18-11-7-6-10-13-14-12(17)16(10)15-11/h2-7H,1H3,(H,14,17). The zero-order valence-corrected chi connectivity index (χ0v) is 9.62. The van der Waals surface area contributed by atoms with Crippen LogP contribution in [0.2, 0.25) is 0 Å². The Morgan fingerprint density at radius 3 is 2.72 bits per heavy atom. The van der Waals surface area contributed by atoms with Gasteiger partial charge in [0.1, 0.15) is 5.75 Å². The molecule has 0 unspecified atom stereocenters. The van der Waals surface area contributed by atoms with Crippen LogP contribution in [0.3, 0.4) is 0 Å². The Bertz CT molecular complexity index is 743. The van der Waals surface area contributed by atoms with Crippen LogP contribution in [0.15, 0.2) is 41.2 Å². The number of hydrogen-bond acceptors (Lipinski definition) is 4. The van der Waals surface area contributed by atoms with Gasteiger partial charge in [0, 0.05) is 6.07 Å². The molecule has 2 heterocycles. The van der Waals surface area contributed by atoms with Crippen molar-refractivity contribution in [3.05, 3.63) is 52.4 Å². The molecule has 3 rings (SSSR count). The second kappa shape index (κ2) is 3.99. The maximum Gasteiger partial charge on any atom is 0.364 e. The molecule has 0 bridgehead atoms. The van der Waals surface area contributed by atoms with E-state index in [1.54, 1.807) is 12.1 Å². The number of aryl methyl sites for hydroxylation is 1. The van der Waals surface area contributed by atoms with Gasteiger partial charge < -0.3 is 4.74 Å². The van der Waals surface area contributed by atoms with Gasteiger partial charge >= 0.3 is 5.69 Å². The SMILES string of the molecule is Cc1ccc(Oc2ccc3n[nH]c(=O)n3n2)cc1. The van der Waals surface area contributed by atoms with Crippen molar-refractivity contribution >= 4 is 5.65 Å². The van der Waals surface area contributed by atoms with E-state index >= 15 is 0 Å². The molecule has 0 spiro atoms. The molecule has 0 aliphatic heterocycles. The number of fused-ring (bicyclic) bond motifs is 1. The van der Waals surface area contributed by atoms with Crippen LogP contribution in [0.5, 0.6) is 11.6 Å². The van der Waals surface area contributed by atoms with Gasteiger partial charge in [-0.3, -0.25) is 0 Å². The van der Waals surface area contributed by atoms with Crippen LogP contribution in [0.25, 0.3) is 5.65 Å². The van der Waals surface area contributed by atoms with Crippen molar-refractivity contribution in [3.63, 3.8) is 0 Å². The van der Waals surface area contributed by atoms with Gasteiger partial charge in [0.05, 0.1) is 0 Å². The van der Waals surface area contributed by atoms with E-state index < -0.39 is 0 Å². The maximum absolute atomic E-state index is 11.4. The number of nitrogens with one attached hydrogen (secondary N) is 1. The van der Waals surface area contributed by atoms with Crippen molar-refractivity contribution in [2.45, 2.75) is 6.92 Å². The van der Waals surface area contributed by atoms with Gasteiger partial charge in [0.25, 0.3) is 0 Å². The number of nitrogens with zero attached hydrogens (tertiary/aromatic N) is 3. The smallest absolute Gasteiger partial charge is 0.364 e. The van der Waals surface area contributed by atoms with Crippen molar-refractivity contribution in [1.29, 1.82) is 0 Å². The first-order valence-corrected chi connectivity index (χ1v) is 5.41. The molecular weight excluding hydrogens is 232 g/mol. The normalized spacial score (nSPS) is 10.7. The van der Waals surface area contributed by atoms with Crippen LogP contribution < -0.4 is 10.4 Å². The molecule has 90 valence electrons. The third-order valence-corrected chi connectivity index (χ3v) is 2.49. The van der Waals surface area contributed by atoms with Crippen LogP contribution >= 0.6 is 0 Å². The minimum Gasteiger partial charge on any atom is -0.438 e. The summed E-state index contributed by atoms with van der Waals surface area (Å²) in [5.74, 6) is 1.01. The number of aromatic nitrogens is 4. The predicted molar refractivity (Wildman–Crippen MR) is 64.9 cm³/mol. The van der Waals surface area contributed by atoms with E-state index in [0.717, 1.165) is 10.1 Å². The maximum atomic E-state index is 11.4. The third kappa shape index (κ3) is 1.84. The van der Waals surface area contributed by atoms with Crippen molar-refractivity contribution < 1.29 is 4.74 Å². The van der Waals surface area contributed by atoms with Gasteiger partial charge in [-0.25, -0.2) is 9.89 Å². The summed E-state index contributed by atoms with van der Waals surface area (Å²) in [4.78, 5) is 11.4. The third-order valence-electron chi connectivity index (χ3n) is 2.49. The Balaban J connectivity index is 1.97. The summed E-state index contributed by atoms with van der Waals surface area (Å²) < 4.78 is 6.71. The first-order valence-electron chi connectivity index (χ1n) is 5.41. The van der Waals surface area contributed by atoms with Crippen molar-refractivity contribution in [2.24, 2.45) is 0 Å². The number of rotatable bonds is 2. The molecule has 0 atom stereocenters. The Kier molecular flexibility index (Phi) is 2.33. The van der Waals surface area contributed by atoms with Gasteiger partial charge in [-0.1, -0.05) is 17.7 Å². The van der Waals surface area contributed by atoms with Gasteiger partial charge in [-0.15, -0.1) is 5.10 Å². The largest absolute Gasteiger partial charge is 0.438 e. The van der Waals surface area contributed by atoms with E-state index in [1.165, 1.54) is 0 Å². The highest BCUT2D eigenvalue weighted by molar-refractivity contribution is 5.37. The molecule has 2 aromatic heterocycles. The second-order valence-corrected chi connectivity index (χ2v) is 3.89. The Labute approximate surface area is 102 Å². The summed E-state index contributed by atoms with van der Waals surface area (Å²) in [7, 11) is 0. The molecule has 1 aromatic carbocycles. The molecule has 3 aromatic rings. The minimum absolute atomic E-state index is 0.342. The molecule has 0 saturated heterocycles. The first-order chi connectivity index (χ1) is 8.72. The molecule has 6 nitrogen and oxygen atoms in total. The van der Waals surface area contributed by atoms with Crippen LogP contribution in [0, 0.1) is 6.92 Å². The lowest BCUT2D eigenvalue weighted by atomic mass is 10.2. The fourth-order valence-electron chi connectivity index (χ4n) is 1.57. The lowest BCUT2D eigenvalue weighted by molar-refractivity contribution is 0.451. The fraction of sp³-hybridized carbons (Fsp3) is 0.0833. The Morgan fingerprint density at radius 1 is 1.17 bits per heavy atom. The summed E-state index contributed by atoms with van der Waals surface area (Å²) in [5.41, 5.74) is 1.22. The van der Waals surface area contributed by atoms with Crippen LogP contribution in [0.1, 0.15) is 5.56 Å². The highest BCUT2D eigenvalue weighted by Gasteiger charge is 2.04. The van der Waals surface area contributed by atoms with Gasteiger partial charge in [-0.2, -0.15) is 9.61 Å². The average molecular weight is 242 g/mol. The van der Waals surface area contributed by atoms with E-state index in [9.17, 15) is 4.79 Å². The van der Waals surface area contributed by atoms with Crippen molar-refractivity contribution in [3.8, 4) is 11.6 Å². The monoisotopic (exact) mass is 242 g/mol. The van der Waals surface area contributed by atoms with Gasteiger partial charge in [-0.05, 0) is 25.1 Å². The lowest BCUT2D eigenvalue weighted by Crippen LogP contribution is -2.12. The molecule has 1 N–H and O–H groups in total. The molecule has 0 saturated carbocycles. The summed E-state index contributed by atoms with van der Waals surface area (Å²) in [6.45, 7) is 2.00. The molecule has 6 heteroatoms. The molecule has 18 heavy (non-hydrogen) atoms. The quantitative estimate of drug-likeness (QED) is 0.739. The van der Waals surface area contributed by atoms with Gasteiger partial charge in [0.2, 0.25) is 5.88 Å². The number of hydrogen-bond donors (Lipinski definition) is 1. The molecule has 0 radical (unpaired) electrons. The van der Waals surface area contributed by atoms with E-state index in [1.807, 2.05) is 31.2 Å². The van der Waals surface area contributed by atoms with Crippen LogP contribution in [0.4, 0.5) is 0 Å². The fourth-order valence-corrected chi connectivity index (χ4v) is 1.57. The lowest BCUT2D eigenvalue weighted by Gasteiger charge is -2.04. The van der Waals surface area contributed by atoms with Crippen LogP contribution in [-0.2, 0) is 0 Å². The molecule has 0 aliphatic carbocycles. The first kappa shape index (κ1) is 10.5. The van der Waals surface area contributed by atoms with Crippen molar-refractivity contribution in [2.75, 3.05) is 0 Å². The molecule has 0 fully saturated rings. The summed E-state index contributed by atoms with van der Waals surface area (Å²) in [5, 5.41) is 10.1. The average Bonchev–Trinajstić information content (AvgIpc) is 2.74. The minimum atomic E-state index is -0.389. The van der Waals surface area contributed by atoms with Crippen LogP contribution in [-0.4, -0.2) is 19.8 Å². The molecule has 0 aliphatic rings. The van der Waals surface area contributed by atoms with E-state index in [4.69, 9.17) is 4.74 Å². The van der Waals surface area contributed by atoms with E-state index in [0.29, 0.717) is 17.3 Å². The summed E-state index contributed by atoms with van der Waals surface area (Å²) in [6, 6.07) is 10.9. The topological polar surface area (TPSA) is 72.3 Å². The number of benzene rings is 1. The highest BCUT2D eigenvalue weighted by atomic mass is 16.5. The molecule has 0 amide bonds.